The molecule has 0 aliphatic rings. The summed E-state index contributed by atoms with van der Waals surface area (Å²) in [6.07, 6.45) is 14.2. The Morgan fingerprint density at radius 3 is 1.34 bits per heavy atom. The molecule has 0 aromatic heterocycles. The highest BCUT2D eigenvalue weighted by molar-refractivity contribution is 7.54. The van der Waals surface area contributed by atoms with Crippen molar-refractivity contribution in [3.05, 3.63) is 58.7 Å². The maximum atomic E-state index is 14.2. The lowest BCUT2D eigenvalue weighted by atomic mass is 9.97. The van der Waals surface area contributed by atoms with Crippen LogP contribution in [0.5, 0.6) is 11.5 Å². The van der Waals surface area contributed by atoms with Crippen LogP contribution < -0.4 is 9.05 Å². The molecule has 0 unspecified atom stereocenters. The molecule has 2 rings (SSSR count). The van der Waals surface area contributed by atoms with E-state index in [1.165, 1.54) is 22.3 Å². The Morgan fingerprint density at radius 2 is 0.971 bits per heavy atom. The van der Waals surface area contributed by atoms with E-state index in [9.17, 15) is 4.57 Å². The average Bonchev–Trinajstić information content (AvgIpc) is 2.85. The minimum Gasteiger partial charge on any atom is -0.416 e. The minimum atomic E-state index is -3.37. The first-order valence-corrected chi connectivity index (χ1v) is 15.9. The fourth-order valence-corrected chi connectivity index (χ4v) is 6.26. The molecule has 0 bridgehead atoms. The van der Waals surface area contributed by atoms with Gasteiger partial charge in [0.05, 0.1) is 6.16 Å². The van der Waals surface area contributed by atoms with E-state index < -0.39 is 7.60 Å². The maximum Gasteiger partial charge on any atom is 0.430 e. The van der Waals surface area contributed by atoms with Gasteiger partial charge in [0, 0.05) is 0 Å². The topological polar surface area (TPSA) is 35.5 Å². The third-order valence-corrected chi connectivity index (χ3v) is 8.54. The Labute approximate surface area is 215 Å². The summed E-state index contributed by atoms with van der Waals surface area (Å²) in [5.41, 5.74) is 5.08. The van der Waals surface area contributed by atoms with E-state index in [2.05, 4.69) is 39.8 Å². The second-order valence-electron chi connectivity index (χ2n) is 9.72. The first kappa shape index (κ1) is 29.5. The third kappa shape index (κ3) is 9.34. The minimum absolute atomic E-state index is 0.409. The predicted molar refractivity (Wildman–Crippen MR) is 151 cm³/mol. The molecule has 0 spiro atoms. The summed E-state index contributed by atoms with van der Waals surface area (Å²) >= 11 is 0. The van der Waals surface area contributed by atoms with Crippen LogP contribution in [0.25, 0.3) is 0 Å². The number of rotatable bonds is 18. The Balaban J connectivity index is 2.42. The SMILES string of the molecule is CCCCc1cccc(OP(=O)(CCC)Oc2cccc(CCCC)c2CCCC)c1CCCC. The second-order valence-corrected chi connectivity index (χ2v) is 11.8. The van der Waals surface area contributed by atoms with Crippen molar-refractivity contribution < 1.29 is 13.6 Å². The first-order valence-electron chi connectivity index (χ1n) is 14.2. The summed E-state index contributed by atoms with van der Waals surface area (Å²) in [5, 5.41) is 0. The van der Waals surface area contributed by atoms with E-state index in [-0.39, 0.29) is 0 Å². The van der Waals surface area contributed by atoms with Gasteiger partial charge in [-0.05, 0) is 92.2 Å². The first-order chi connectivity index (χ1) is 17.0. The van der Waals surface area contributed by atoms with Gasteiger partial charge in [-0.3, -0.25) is 0 Å². The van der Waals surface area contributed by atoms with Crippen LogP contribution in [0, 0.1) is 0 Å². The normalized spacial score (nSPS) is 11.6. The van der Waals surface area contributed by atoms with Crippen LogP contribution >= 0.6 is 7.60 Å². The summed E-state index contributed by atoms with van der Waals surface area (Å²) in [6, 6.07) is 12.5. The summed E-state index contributed by atoms with van der Waals surface area (Å²) in [4.78, 5) is 0. The van der Waals surface area contributed by atoms with Gasteiger partial charge in [0.25, 0.3) is 0 Å². The van der Waals surface area contributed by atoms with Gasteiger partial charge >= 0.3 is 7.60 Å². The van der Waals surface area contributed by atoms with Crippen LogP contribution in [0.1, 0.15) is 115 Å². The van der Waals surface area contributed by atoms with Gasteiger partial charge in [0.15, 0.2) is 0 Å². The zero-order chi connectivity index (χ0) is 25.5. The van der Waals surface area contributed by atoms with E-state index in [0.29, 0.717) is 6.16 Å². The monoisotopic (exact) mass is 500 g/mol. The summed E-state index contributed by atoms with van der Waals surface area (Å²) in [7, 11) is -3.37. The molecule has 0 N–H and O–H groups in total. The molecule has 35 heavy (non-hydrogen) atoms. The Morgan fingerprint density at radius 1 is 0.571 bits per heavy atom. The number of hydrogen-bond acceptors (Lipinski definition) is 3. The molecule has 2 aromatic rings. The van der Waals surface area contributed by atoms with Crippen LogP contribution in [-0.2, 0) is 30.2 Å². The zero-order valence-corrected chi connectivity index (χ0v) is 23.9. The van der Waals surface area contributed by atoms with Crippen LogP contribution in [0.3, 0.4) is 0 Å². The lowest BCUT2D eigenvalue weighted by Crippen LogP contribution is -2.09. The van der Waals surface area contributed by atoms with E-state index in [4.69, 9.17) is 9.05 Å². The molecule has 0 radical (unpaired) electrons. The van der Waals surface area contributed by atoms with Crippen LogP contribution in [-0.4, -0.2) is 6.16 Å². The fourth-order valence-electron chi connectivity index (χ4n) is 4.55. The lowest BCUT2D eigenvalue weighted by molar-refractivity contribution is 0.381. The molecule has 4 heteroatoms. The molecule has 0 saturated carbocycles. The second kappa shape index (κ2) is 16.1. The zero-order valence-electron chi connectivity index (χ0n) is 23.0. The molecule has 196 valence electrons. The summed E-state index contributed by atoms with van der Waals surface area (Å²) in [5.74, 6) is 1.50. The van der Waals surface area contributed by atoms with Gasteiger partial charge in [0.1, 0.15) is 11.5 Å². The van der Waals surface area contributed by atoms with E-state index in [0.717, 1.165) is 95.0 Å². The lowest BCUT2D eigenvalue weighted by Gasteiger charge is -2.24. The molecule has 3 nitrogen and oxygen atoms in total. The highest BCUT2D eigenvalue weighted by Gasteiger charge is 2.30. The number of aryl methyl sites for hydroxylation is 2. The van der Waals surface area contributed by atoms with Crippen molar-refractivity contribution in [2.75, 3.05) is 6.16 Å². The van der Waals surface area contributed by atoms with E-state index in [1.54, 1.807) is 0 Å². The summed E-state index contributed by atoms with van der Waals surface area (Å²) < 4.78 is 27.0. The van der Waals surface area contributed by atoms with Gasteiger partial charge in [-0.25, -0.2) is 4.57 Å². The number of benzene rings is 2. The van der Waals surface area contributed by atoms with Crippen LogP contribution in [0.4, 0.5) is 0 Å². The fraction of sp³-hybridized carbons (Fsp3) is 0.613. The molecular formula is C31H49O3P. The molecule has 0 aliphatic carbocycles. The van der Waals surface area contributed by atoms with Crippen molar-refractivity contribution in [2.45, 2.75) is 118 Å². The van der Waals surface area contributed by atoms with Gasteiger partial charge in [-0.15, -0.1) is 0 Å². The highest BCUT2D eigenvalue weighted by Crippen LogP contribution is 2.51. The average molecular weight is 501 g/mol. The predicted octanol–water partition coefficient (Wildman–Crippen LogP) is 10.1. The van der Waals surface area contributed by atoms with Crippen molar-refractivity contribution in [2.24, 2.45) is 0 Å². The van der Waals surface area contributed by atoms with Crippen molar-refractivity contribution in [1.29, 1.82) is 0 Å². The van der Waals surface area contributed by atoms with Crippen molar-refractivity contribution in [3.8, 4) is 11.5 Å². The smallest absolute Gasteiger partial charge is 0.416 e. The highest BCUT2D eigenvalue weighted by atomic mass is 31.2. The van der Waals surface area contributed by atoms with Crippen molar-refractivity contribution in [1.82, 2.24) is 0 Å². The van der Waals surface area contributed by atoms with Crippen LogP contribution in [0.15, 0.2) is 36.4 Å². The van der Waals surface area contributed by atoms with Gasteiger partial charge in [-0.2, -0.15) is 0 Å². The quantitative estimate of drug-likeness (QED) is 0.191. The number of hydrogen-bond donors (Lipinski definition) is 0. The molecule has 0 aliphatic heterocycles. The standard InChI is InChI=1S/C31H49O3P/c1-6-11-17-26-19-15-23-30(28(26)21-13-8-3)33-35(32,25-10-5)34-31-24-16-20-27(18-12-7-2)29(31)22-14-9-4/h15-16,19-20,23-24H,6-14,17-18,21-22,25H2,1-5H3. The molecular weight excluding hydrogens is 451 g/mol. The van der Waals surface area contributed by atoms with Crippen LogP contribution in [0.2, 0.25) is 0 Å². The van der Waals surface area contributed by atoms with Gasteiger partial charge in [0.2, 0.25) is 0 Å². The molecule has 0 heterocycles. The third-order valence-electron chi connectivity index (χ3n) is 6.59. The van der Waals surface area contributed by atoms with Gasteiger partial charge in [-0.1, -0.05) is 84.6 Å². The van der Waals surface area contributed by atoms with Crippen molar-refractivity contribution in [3.63, 3.8) is 0 Å². The van der Waals surface area contributed by atoms with E-state index >= 15 is 0 Å². The molecule has 2 aromatic carbocycles. The number of unbranched alkanes of at least 4 members (excludes halogenated alkanes) is 4. The largest absolute Gasteiger partial charge is 0.430 e. The van der Waals surface area contributed by atoms with E-state index in [1.807, 2.05) is 31.2 Å². The summed E-state index contributed by atoms with van der Waals surface area (Å²) in [6.45, 7) is 10.9. The van der Waals surface area contributed by atoms with Crippen molar-refractivity contribution >= 4 is 7.60 Å². The molecule has 0 saturated heterocycles. The molecule has 0 fully saturated rings. The maximum absolute atomic E-state index is 14.2. The molecule has 0 amide bonds. The Kier molecular flexibility index (Phi) is 13.6. The Hall–Kier alpha value is -1.73. The van der Waals surface area contributed by atoms with Gasteiger partial charge < -0.3 is 9.05 Å². The Bertz CT molecular complexity index is 852. The molecule has 0 atom stereocenters.